The minimum atomic E-state index is -3.32. The number of aromatic nitrogens is 2. The molecule has 2 aromatic carbocycles. The van der Waals surface area contributed by atoms with Gasteiger partial charge in [0.1, 0.15) is 5.82 Å². The third kappa shape index (κ3) is 6.97. The number of benzene rings is 2. The van der Waals surface area contributed by atoms with Crippen LogP contribution >= 0.6 is 0 Å². The third-order valence-electron chi connectivity index (χ3n) is 7.96. The van der Waals surface area contributed by atoms with E-state index in [2.05, 4.69) is 32.2 Å². The molecular weight excluding hydrogens is 526 g/mol. The highest BCUT2D eigenvalue weighted by molar-refractivity contribution is 7.88. The van der Waals surface area contributed by atoms with Crippen LogP contribution in [0.2, 0.25) is 0 Å². The SMILES string of the molecule is CCC(c1cnc(C)n1Cc1ccc(C#N)cc1)N1CCC(Cc2cccc(CNS(C)(=O)=O)c2)(C(=O)O)CC1. The zero-order valence-corrected chi connectivity index (χ0v) is 24.1. The highest BCUT2D eigenvalue weighted by Crippen LogP contribution is 2.39. The Labute approximate surface area is 236 Å². The normalized spacial score (nSPS) is 16.4. The van der Waals surface area contributed by atoms with Crippen molar-refractivity contribution in [3.8, 4) is 6.07 Å². The number of carboxylic acid groups (broad SMARTS) is 1. The Morgan fingerprint density at radius 3 is 2.42 bits per heavy atom. The maximum absolute atomic E-state index is 12.6. The predicted molar refractivity (Wildman–Crippen MR) is 153 cm³/mol. The van der Waals surface area contributed by atoms with Crippen molar-refractivity contribution in [2.75, 3.05) is 19.3 Å². The molecule has 0 amide bonds. The summed E-state index contributed by atoms with van der Waals surface area (Å²) in [5.74, 6) is 0.126. The summed E-state index contributed by atoms with van der Waals surface area (Å²) in [7, 11) is -3.32. The average molecular weight is 564 g/mol. The van der Waals surface area contributed by atoms with Crippen molar-refractivity contribution in [3.05, 3.63) is 88.5 Å². The zero-order chi connectivity index (χ0) is 28.9. The van der Waals surface area contributed by atoms with Gasteiger partial charge in [-0.3, -0.25) is 9.69 Å². The minimum Gasteiger partial charge on any atom is -0.481 e. The summed E-state index contributed by atoms with van der Waals surface area (Å²) in [6.45, 7) is 6.27. The third-order valence-corrected chi connectivity index (χ3v) is 8.63. The van der Waals surface area contributed by atoms with Gasteiger partial charge in [0, 0.05) is 13.1 Å². The lowest BCUT2D eigenvalue weighted by molar-refractivity contribution is -0.152. The van der Waals surface area contributed by atoms with E-state index in [1.54, 1.807) is 0 Å². The van der Waals surface area contributed by atoms with E-state index in [1.807, 2.05) is 61.7 Å². The largest absolute Gasteiger partial charge is 0.481 e. The molecule has 2 N–H and O–H groups in total. The molecule has 1 atom stereocenters. The first-order chi connectivity index (χ1) is 19.0. The van der Waals surface area contributed by atoms with Gasteiger partial charge in [0.05, 0.1) is 41.2 Å². The standard InChI is InChI=1S/C30H37N5O4S/c1-4-27(28-20-32-22(2)35(28)21-24-10-8-23(18-31)9-11-24)34-14-12-30(13-15-34,29(36)37)17-25-6-5-7-26(16-25)19-33-40(3,38)39/h5-11,16,20,27,33H,4,12-15,17,19,21H2,1-3H3,(H,36,37). The predicted octanol–water partition coefficient (Wildman–Crippen LogP) is 4.02. The first-order valence-electron chi connectivity index (χ1n) is 13.5. The van der Waals surface area contributed by atoms with Crippen LogP contribution in [0.1, 0.15) is 66.0 Å². The highest BCUT2D eigenvalue weighted by atomic mass is 32.2. The fraction of sp³-hybridized carbons (Fsp3) is 0.433. The van der Waals surface area contributed by atoms with Gasteiger partial charge < -0.3 is 9.67 Å². The molecule has 2 heterocycles. The summed E-state index contributed by atoms with van der Waals surface area (Å²) in [6.07, 6.45) is 5.36. The molecule has 1 unspecified atom stereocenters. The van der Waals surface area contributed by atoms with Crippen LogP contribution in [0.5, 0.6) is 0 Å². The number of aryl methyl sites for hydroxylation is 1. The molecule has 1 saturated heterocycles. The number of carboxylic acids is 1. The van der Waals surface area contributed by atoms with E-state index in [1.165, 1.54) is 0 Å². The Kier molecular flexibility index (Phi) is 9.08. The average Bonchev–Trinajstić information content (AvgIpc) is 3.28. The van der Waals surface area contributed by atoms with Crippen molar-refractivity contribution < 1.29 is 18.3 Å². The van der Waals surface area contributed by atoms with Gasteiger partial charge in [0.15, 0.2) is 0 Å². The summed E-state index contributed by atoms with van der Waals surface area (Å²) in [4.78, 5) is 19.6. The van der Waals surface area contributed by atoms with Crippen LogP contribution in [0.3, 0.4) is 0 Å². The number of aliphatic carboxylic acids is 1. The Balaban J connectivity index is 1.48. The number of hydrogen-bond donors (Lipinski definition) is 2. The second-order valence-electron chi connectivity index (χ2n) is 10.8. The number of sulfonamides is 1. The lowest BCUT2D eigenvalue weighted by atomic mass is 9.73. The Hall–Kier alpha value is -3.52. The molecule has 9 nitrogen and oxygen atoms in total. The molecule has 1 aliphatic rings. The number of nitrogens with one attached hydrogen (secondary N) is 1. The molecule has 0 radical (unpaired) electrons. The van der Waals surface area contributed by atoms with E-state index in [-0.39, 0.29) is 12.6 Å². The molecular formula is C30H37N5O4S. The van der Waals surface area contributed by atoms with Crippen LogP contribution < -0.4 is 4.72 Å². The van der Waals surface area contributed by atoms with Crippen LogP contribution in [0.25, 0.3) is 0 Å². The first kappa shape index (κ1) is 29.5. The number of rotatable bonds is 11. The number of carbonyl (C=O) groups is 1. The molecule has 1 aliphatic heterocycles. The van der Waals surface area contributed by atoms with Gasteiger partial charge in [-0.05, 0) is 74.5 Å². The smallest absolute Gasteiger partial charge is 0.310 e. The number of imidazole rings is 1. The second-order valence-corrected chi connectivity index (χ2v) is 12.6. The van der Waals surface area contributed by atoms with Crippen molar-refractivity contribution in [1.82, 2.24) is 19.2 Å². The molecule has 0 bridgehead atoms. The summed E-state index contributed by atoms with van der Waals surface area (Å²) in [6, 6.07) is 17.4. The van der Waals surface area contributed by atoms with E-state index in [9.17, 15) is 18.3 Å². The highest BCUT2D eigenvalue weighted by Gasteiger charge is 2.43. The van der Waals surface area contributed by atoms with E-state index >= 15 is 0 Å². The number of piperidine rings is 1. The number of nitrogens with zero attached hydrogens (tertiary/aromatic N) is 4. The van der Waals surface area contributed by atoms with Crippen molar-refractivity contribution >= 4 is 16.0 Å². The summed E-state index contributed by atoms with van der Waals surface area (Å²) < 4.78 is 27.7. The van der Waals surface area contributed by atoms with Crippen molar-refractivity contribution in [2.24, 2.45) is 5.41 Å². The lowest BCUT2D eigenvalue weighted by Crippen LogP contribution is -2.47. The molecule has 0 spiro atoms. The molecule has 3 aromatic rings. The van der Waals surface area contributed by atoms with E-state index < -0.39 is 21.4 Å². The molecule has 4 rings (SSSR count). The molecule has 0 saturated carbocycles. The van der Waals surface area contributed by atoms with Crippen LogP contribution in [-0.4, -0.2) is 53.3 Å². The van der Waals surface area contributed by atoms with Gasteiger partial charge in [-0.2, -0.15) is 5.26 Å². The number of hydrogen-bond acceptors (Lipinski definition) is 6. The van der Waals surface area contributed by atoms with Crippen molar-refractivity contribution in [2.45, 2.75) is 58.7 Å². The summed E-state index contributed by atoms with van der Waals surface area (Å²) in [5, 5.41) is 19.4. The monoisotopic (exact) mass is 563 g/mol. The zero-order valence-electron chi connectivity index (χ0n) is 23.3. The maximum Gasteiger partial charge on any atom is 0.310 e. The Morgan fingerprint density at radius 2 is 1.82 bits per heavy atom. The van der Waals surface area contributed by atoms with Crippen LogP contribution in [0.4, 0.5) is 0 Å². The molecule has 0 aliphatic carbocycles. The van der Waals surface area contributed by atoms with Crippen LogP contribution in [0, 0.1) is 23.7 Å². The fourth-order valence-electron chi connectivity index (χ4n) is 5.66. The van der Waals surface area contributed by atoms with Crippen LogP contribution in [0.15, 0.2) is 54.7 Å². The van der Waals surface area contributed by atoms with E-state index in [0.29, 0.717) is 44.5 Å². The topological polar surface area (TPSA) is 128 Å². The number of likely N-dealkylation sites (tertiary alicyclic amines) is 1. The van der Waals surface area contributed by atoms with Crippen molar-refractivity contribution in [3.63, 3.8) is 0 Å². The Bertz CT molecular complexity index is 1480. The summed E-state index contributed by atoms with van der Waals surface area (Å²) in [5.41, 5.74) is 3.65. The van der Waals surface area contributed by atoms with E-state index in [4.69, 9.17) is 5.26 Å². The quantitative estimate of drug-likeness (QED) is 0.361. The number of nitriles is 1. The molecule has 212 valence electrons. The van der Waals surface area contributed by atoms with Crippen molar-refractivity contribution in [1.29, 1.82) is 5.26 Å². The van der Waals surface area contributed by atoms with Gasteiger partial charge in [-0.25, -0.2) is 18.1 Å². The minimum absolute atomic E-state index is 0.108. The fourth-order valence-corrected chi connectivity index (χ4v) is 6.09. The second kappa shape index (κ2) is 12.3. The van der Waals surface area contributed by atoms with Gasteiger partial charge >= 0.3 is 5.97 Å². The molecule has 1 aromatic heterocycles. The van der Waals surface area contributed by atoms with Crippen LogP contribution in [-0.2, 0) is 34.3 Å². The molecule has 10 heteroatoms. The van der Waals surface area contributed by atoms with Gasteiger partial charge in [-0.1, -0.05) is 43.3 Å². The molecule has 1 fully saturated rings. The van der Waals surface area contributed by atoms with E-state index in [0.717, 1.165) is 40.9 Å². The first-order valence-corrected chi connectivity index (χ1v) is 15.4. The summed E-state index contributed by atoms with van der Waals surface area (Å²) >= 11 is 0. The van der Waals surface area contributed by atoms with Gasteiger partial charge in [0.2, 0.25) is 10.0 Å². The molecule has 40 heavy (non-hydrogen) atoms. The van der Waals surface area contributed by atoms with Gasteiger partial charge in [-0.15, -0.1) is 0 Å². The maximum atomic E-state index is 12.6. The Morgan fingerprint density at radius 1 is 1.15 bits per heavy atom. The lowest BCUT2D eigenvalue weighted by Gasteiger charge is -2.42. The van der Waals surface area contributed by atoms with Gasteiger partial charge in [0.25, 0.3) is 0 Å².